The van der Waals surface area contributed by atoms with Crippen molar-refractivity contribution < 1.29 is 14.6 Å². The largest absolute Gasteiger partial charge is 0.461 e. The lowest BCUT2D eigenvalue weighted by Crippen LogP contribution is -2.50. The van der Waals surface area contributed by atoms with Crippen LogP contribution in [0.2, 0.25) is 0 Å². The molecule has 0 amide bonds. The van der Waals surface area contributed by atoms with Gasteiger partial charge in [0.15, 0.2) is 6.10 Å². The first kappa shape index (κ1) is 9.48. The summed E-state index contributed by atoms with van der Waals surface area (Å²) in [4.78, 5) is 12.9. The summed E-state index contributed by atoms with van der Waals surface area (Å²) >= 11 is 0. The summed E-state index contributed by atoms with van der Waals surface area (Å²) in [7, 11) is 3.69. The van der Waals surface area contributed by atoms with Crippen molar-refractivity contribution in [3.8, 4) is 0 Å². The van der Waals surface area contributed by atoms with Gasteiger partial charge in [-0.3, -0.25) is 0 Å². The number of carbonyl (C=O) groups excluding carboxylic acids is 1. The molecule has 0 aromatic heterocycles. The van der Waals surface area contributed by atoms with Crippen LogP contribution in [-0.2, 0) is 9.53 Å². The molecule has 0 saturated carbocycles. The third-order valence-electron chi connectivity index (χ3n) is 2.16. The van der Waals surface area contributed by atoms with Crippen LogP contribution in [0.4, 0.5) is 0 Å². The fourth-order valence-corrected chi connectivity index (χ4v) is 1.44. The van der Waals surface area contributed by atoms with Crippen molar-refractivity contribution >= 4 is 5.97 Å². The Morgan fingerprint density at radius 2 is 2.17 bits per heavy atom. The number of hydrogen-bond donors (Lipinski definition) is 1. The summed E-state index contributed by atoms with van der Waals surface area (Å²) < 4.78 is 4.86. The molecule has 0 aromatic carbocycles. The second-order valence-corrected chi connectivity index (χ2v) is 3.46. The van der Waals surface area contributed by atoms with Gasteiger partial charge in [-0.05, 0) is 21.0 Å². The van der Waals surface area contributed by atoms with Gasteiger partial charge in [0.05, 0.1) is 0 Å². The second kappa shape index (κ2) is 3.41. The van der Waals surface area contributed by atoms with Gasteiger partial charge in [0.1, 0.15) is 6.10 Å². The molecule has 0 bridgehead atoms. The van der Waals surface area contributed by atoms with Crippen molar-refractivity contribution in [3.63, 3.8) is 0 Å². The van der Waals surface area contributed by atoms with Gasteiger partial charge in [0.25, 0.3) is 0 Å². The SMILES string of the molecule is C[C@@H]1C[C@H](N(C)C)[C@@H](O)C(=O)O1. The molecule has 1 N–H and O–H groups in total. The van der Waals surface area contributed by atoms with Crippen LogP contribution < -0.4 is 0 Å². The van der Waals surface area contributed by atoms with Crippen molar-refractivity contribution in [2.24, 2.45) is 0 Å². The fraction of sp³-hybridized carbons (Fsp3) is 0.875. The highest BCUT2D eigenvalue weighted by Gasteiger charge is 2.36. The number of hydrogen-bond acceptors (Lipinski definition) is 4. The van der Waals surface area contributed by atoms with Gasteiger partial charge in [0.2, 0.25) is 0 Å². The number of cyclic esters (lactones) is 1. The third kappa shape index (κ3) is 1.76. The zero-order valence-corrected chi connectivity index (χ0v) is 7.65. The Labute approximate surface area is 72.1 Å². The highest BCUT2D eigenvalue weighted by molar-refractivity contribution is 5.76. The van der Waals surface area contributed by atoms with Crippen molar-refractivity contribution in [2.75, 3.05) is 14.1 Å². The van der Waals surface area contributed by atoms with Gasteiger partial charge in [-0.15, -0.1) is 0 Å². The van der Waals surface area contributed by atoms with E-state index < -0.39 is 12.1 Å². The molecule has 1 rings (SSSR count). The Kier molecular flexibility index (Phi) is 2.69. The third-order valence-corrected chi connectivity index (χ3v) is 2.16. The molecule has 12 heavy (non-hydrogen) atoms. The van der Waals surface area contributed by atoms with Gasteiger partial charge >= 0.3 is 5.97 Å². The molecule has 1 aliphatic heterocycles. The number of likely N-dealkylation sites (N-methyl/N-ethyl adjacent to an activating group) is 1. The highest BCUT2D eigenvalue weighted by atomic mass is 16.6. The maximum atomic E-state index is 11.0. The van der Waals surface area contributed by atoms with Gasteiger partial charge < -0.3 is 14.7 Å². The first-order valence-corrected chi connectivity index (χ1v) is 4.07. The molecule has 1 saturated heterocycles. The van der Waals surface area contributed by atoms with Gasteiger partial charge in [0, 0.05) is 12.5 Å². The van der Waals surface area contributed by atoms with Crippen LogP contribution in [0.25, 0.3) is 0 Å². The average Bonchev–Trinajstić information content (AvgIpc) is 1.96. The van der Waals surface area contributed by atoms with Crippen LogP contribution in [0.3, 0.4) is 0 Å². The molecule has 70 valence electrons. The number of nitrogens with zero attached hydrogens (tertiary/aromatic N) is 1. The van der Waals surface area contributed by atoms with Crippen molar-refractivity contribution in [1.82, 2.24) is 4.90 Å². The highest BCUT2D eigenvalue weighted by Crippen LogP contribution is 2.18. The molecule has 0 aromatic rings. The molecule has 0 radical (unpaired) electrons. The fourth-order valence-electron chi connectivity index (χ4n) is 1.44. The summed E-state index contributed by atoms with van der Waals surface area (Å²) in [5, 5.41) is 9.41. The minimum Gasteiger partial charge on any atom is -0.461 e. The maximum absolute atomic E-state index is 11.0. The van der Waals surface area contributed by atoms with Crippen LogP contribution in [0, 0.1) is 0 Å². The zero-order valence-electron chi connectivity index (χ0n) is 7.65. The molecular weight excluding hydrogens is 158 g/mol. The van der Waals surface area contributed by atoms with Gasteiger partial charge in [-0.2, -0.15) is 0 Å². The summed E-state index contributed by atoms with van der Waals surface area (Å²) in [6, 6.07) is -0.110. The predicted octanol–water partition coefficient (Wildman–Crippen LogP) is -0.387. The van der Waals surface area contributed by atoms with Crippen LogP contribution in [0.5, 0.6) is 0 Å². The Bertz CT molecular complexity index is 181. The van der Waals surface area contributed by atoms with E-state index in [1.54, 1.807) is 0 Å². The Hall–Kier alpha value is -0.610. The molecule has 0 aliphatic carbocycles. The lowest BCUT2D eigenvalue weighted by atomic mass is 10.0. The first-order valence-electron chi connectivity index (χ1n) is 4.07. The molecule has 3 atom stereocenters. The van der Waals surface area contributed by atoms with E-state index in [4.69, 9.17) is 4.74 Å². The normalized spacial score (nSPS) is 36.8. The Morgan fingerprint density at radius 3 is 2.67 bits per heavy atom. The molecule has 0 spiro atoms. The molecule has 1 aliphatic rings. The molecule has 1 heterocycles. The predicted molar refractivity (Wildman–Crippen MR) is 43.7 cm³/mol. The van der Waals surface area contributed by atoms with E-state index in [1.807, 2.05) is 25.9 Å². The second-order valence-electron chi connectivity index (χ2n) is 3.46. The number of aliphatic hydroxyl groups excluding tert-OH is 1. The van der Waals surface area contributed by atoms with Gasteiger partial charge in [-0.1, -0.05) is 0 Å². The molecule has 4 nitrogen and oxygen atoms in total. The quantitative estimate of drug-likeness (QED) is 0.549. The Morgan fingerprint density at radius 1 is 1.58 bits per heavy atom. The molecule has 0 unspecified atom stereocenters. The number of rotatable bonds is 1. The smallest absolute Gasteiger partial charge is 0.336 e. The van der Waals surface area contributed by atoms with Gasteiger partial charge in [-0.25, -0.2) is 4.79 Å². The van der Waals surface area contributed by atoms with Crippen molar-refractivity contribution in [3.05, 3.63) is 0 Å². The van der Waals surface area contributed by atoms with E-state index in [2.05, 4.69) is 0 Å². The number of ether oxygens (including phenoxy) is 1. The molecular formula is C8H15NO3. The number of esters is 1. The zero-order chi connectivity index (χ0) is 9.30. The number of aliphatic hydroxyl groups is 1. The maximum Gasteiger partial charge on any atom is 0.336 e. The lowest BCUT2D eigenvalue weighted by Gasteiger charge is -2.34. The van der Waals surface area contributed by atoms with Crippen molar-refractivity contribution in [2.45, 2.75) is 31.6 Å². The summed E-state index contributed by atoms with van der Waals surface area (Å²) in [5.74, 6) is -0.507. The van der Waals surface area contributed by atoms with E-state index in [0.717, 1.165) is 0 Å². The monoisotopic (exact) mass is 173 g/mol. The minimum atomic E-state index is -0.990. The van der Waals surface area contributed by atoms with Crippen LogP contribution in [-0.4, -0.2) is 48.3 Å². The Balaban J connectivity index is 2.66. The average molecular weight is 173 g/mol. The van der Waals surface area contributed by atoms with E-state index in [1.165, 1.54) is 0 Å². The van der Waals surface area contributed by atoms with E-state index in [-0.39, 0.29) is 12.1 Å². The standard InChI is InChI=1S/C8H15NO3/c1-5-4-6(9(2)3)7(10)8(11)12-5/h5-7,10H,4H2,1-3H3/t5-,6+,7-/m1/s1. The molecule has 4 heteroatoms. The van der Waals surface area contributed by atoms with Crippen LogP contribution in [0.1, 0.15) is 13.3 Å². The summed E-state index contributed by atoms with van der Waals surface area (Å²) in [5.41, 5.74) is 0. The summed E-state index contributed by atoms with van der Waals surface area (Å²) in [6.45, 7) is 1.83. The molecule has 1 fully saturated rings. The van der Waals surface area contributed by atoms with E-state index in [9.17, 15) is 9.90 Å². The van der Waals surface area contributed by atoms with Crippen molar-refractivity contribution in [1.29, 1.82) is 0 Å². The topological polar surface area (TPSA) is 49.8 Å². The van der Waals surface area contributed by atoms with Crippen LogP contribution in [0.15, 0.2) is 0 Å². The summed E-state index contributed by atoms with van der Waals surface area (Å²) in [6.07, 6.45) is -0.385. The van der Waals surface area contributed by atoms with E-state index >= 15 is 0 Å². The van der Waals surface area contributed by atoms with Crippen LogP contribution >= 0.6 is 0 Å². The number of carbonyl (C=O) groups is 1. The minimum absolute atomic E-state index is 0.0895. The van der Waals surface area contributed by atoms with E-state index in [0.29, 0.717) is 6.42 Å². The lowest BCUT2D eigenvalue weighted by molar-refractivity contribution is -0.171. The first-order chi connectivity index (χ1) is 5.52.